The first kappa shape index (κ1) is 47.1. The molecule has 0 spiro atoms. The van der Waals surface area contributed by atoms with Crippen LogP contribution in [0.2, 0.25) is 0 Å². The Kier molecular flexibility index (Phi) is 13.0. The number of rotatable bonds is 9. The molecule has 0 amide bonds. The lowest BCUT2D eigenvalue weighted by Crippen LogP contribution is -2.22. The fourth-order valence-electron chi connectivity index (χ4n) is 7.92. The van der Waals surface area contributed by atoms with E-state index >= 15 is 4.57 Å². The number of benzene rings is 3. The molecule has 3 rings (SSSR count). The Balaban J connectivity index is 2.63. The average Bonchev–Trinajstić information content (AvgIpc) is 2.98. The summed E-state index contributed by atoms with van der Waals surface area (Å²) in [6.45, 7) is 42.6. The minimum Gasteiger partial charge on any atom is -0.507 e. The third-order valence-electron chi connectivity index (χ3n) is 10.5. The smallest absolute Gasteiger partial charge is 0.507 e. The van der Waals surface area contributed by atoms with E-state index in [2.05, 4.69) is 0 Å². The van der Waals surface area contributed by atoms with Crippen molar-refractivity contribution in [1.82, 2.24) is 0 Å². The minimum atomic E-state index is -4.73. The van der Waals surface area contributed by atoms with Crippen LogP contribution in [0.25, 0.3) is 0 Å². The van der Waals surface area contributed by atoms with Crippen molar-refractivity contribution in [2.24, 2.45) is 0 Å². The van der Waals surface area contributed by atoms with E-state index in [1.165, 1.54) is 0 Å². The molecule has 0 fully saturated rings. The molecule has 0 aromatic heterocycles. The van der Waals surface area contributed by atoms with Crippen LogP contribution in [0.1, 0.15) is 195 Å². The SMILES string of the molecule is CCc1c(OP(=O)(Oc2cc(C(C)(C)C)c(O)c(C(C)(C)C)c2CC)Oc2cc(C(C)(C)C)c(O)c(C(C)(C)C)c2CC)cc(C(C)(C)C)c(O)c1C(C)(C)C. The summed E-state index contributed by atoms with van der Waals surface area (Å²) in [5.41, 5.74) is 3.21. The van der Waals surface area contributed by atoms with Gasteiger partial charge in [-0.2, -0.15) is 4.57 Å². The van der Waals surface area contributed by atoms with E-state index in [4.69, 9.17) is 13.6 Å². The fourth-order valence-corrected chi connectivity index (χ4v) is 9.24. The Morgan fingerprint density at radius 2 is 0.607 bits per heavy atom. The van der Waals surface area contributed by atoms with Crippen molar-refractivity contribution in [2.75, 3.05) is 0 Å². The van der Waals surface area contributed by atoms with E-state index in [0.717, 1.165) is 0 Å². The van der Waals surface area contributed by atoms with Gasteiger partial charge in [-0.05, 0) is 70.0 Å². The third kappa shape index (κ3) is 9.68. The van der Waals surface area contributed by atoms with Crippen molar-refractivity contribution >= 4 is 7.82 Å². The van der Waals surface area contributed by atoms with Crippen LogP contribution in [0, 0.1) is 0 Å². The Morgan fingerprint density at radius 3 is 0.750 bits per heavy atom. The Labute approximate surface area is 340 Å². The van der Waals surface area contributed by atoms with Crippen molar-refractivity contribution in [3.63, 3.8) is 0 Å². The highest BCUT2D eigenvalue weighted by atomic mass is 31.2. The number of phosphoric ester groups is 1. The average molecular weight is 795 g/mol. The van der Waals surface area contributed by atoms with Gasteiger partial charge in [0.05, 0.1) is 0 Å². The van der Waals surface area contributed by atoms with Gasteiger partial charge >= 0.3 is 7.82 Å². The summed E-state index contributed by atoms with van der Waals surface area (Å²) in [5, 5.41) is 35.5. The maximum Gasteiger partial charge on any atom is 0.647 e. The molecule has 314 valence electrons. The van der Waals surface area contributed by atoms with E-state index in [1.54, 1.807) is 18.2 Å². The third-order valence-corrected chi connectivity index (χ3v) is 11.7. The van der Waals surface area contributed by atoms with E-state index in [-0.39, 0.29) is 17.2 Å². The van der Waals surface area contributed by atoms with E-state index < -0.39 is 40.3 Å². The molecule has 0 aliphatic carbocycles. The van der Waals surface area contributed by atoms with Gasteiger partial charge in [-0.25, -0.2) is 0 Å². The van der Waals surface area contributed by atoms with Gasteiger partial charge in [0.25, 0.3) is 0 Å². The van der Waals surface area contributed by atoms with Crippen molar-refractivity contribution in [3.8, 4) is 34.5 Å². The van der Waals surface area contributed by atoms with E-state index in [9.17, 15) is 15.3 Å². The molecule has 8 heteroatoms. The number of phenolic OH excluding ortho intramolecular Hbond substituents is 3. The first-order valence-corrected chi connectivity index (χ1v) is 21.9. The molecule has 0 saturated heterocycles. The Morgan fingerprint density at radius 1 is 0.411 bits per heavy atom. The highest BCUT2D eigenvalue weighted by Crippen LogP contribution is 2.58. The second kappa shape index (κ2) is 15.5. The summed E-state index contributed by atoms with van der Waals surface area (Å²) in [5.74, 6) is 1.49. The second-order valence-corrected chi connectivity index (χ2v) is 23.1. The van der Waals surface area contributed by atoms with Gasteiger partial charge in [0.2, 0.25) is 0 Å². The van der Waals surface area contributed by atoms with Crippen LogP contribution in [-0.2, 0) is 56.3 Å². The molecular weight excluding hydrogens is 719 g/mol. The van der Waals surface area contributed by atoms with Crippen LogP contribution in [0.15, 0.2) is 18.2 Å². The predicted molar refractivity (Wildman–Crippen MR) is 234 cm³/mol. The fraction of sp³-hybridized carbons (Fsp3) is 0.625. The van der Waals surface area contributed by atoms with Crippen molar-refractivity contribution < 1.29 is 33.5 Å². The molecule has 3 aromatic rings. The maximum absolute atomic E-state index is 16.1. The van der Waals surface area contributed by atoms with Gasteiger partial charge in [-0.1, -0.05) is 145 Å². The number of phosphoric acid groups is 1. The lowest BCUT2D eigenvalue weighted by Gasteiger charge is -2.34. The van der Waals surface area contributed by atoms with Crippen LogP contribution < -0.4 is 13.6 Å². The second-order valence-electron chi connectivity index (χ2n) is 21.7. The lowest BCUT2D eigenvalue weighted by molar-refractivity contribution is 0.291. The van der Waals surface area contributed by atoms with Crippen LogP contribution in [-0.4, -0.2) is 15.3 Å². The van der Waals surface area contributed by atoms with Crippen LogP contribution in [0.3, 0.4) is 0 Å². The summed E-state index contributed by atoms with van der Waals surface area (Å²) < 4.78 is 36.5. The molecule has 56 heavy (non-hydrogen) atoms. The molecule has 0 bridgehead atoms. The molecule has 3 N–H and O–H groups in total. The number of hydrogen-bond acceptors (Lipinski definition) is 7. The number of aromatic hydroxyl groups is 3. The summed E-state index contributed by atoms with van der Waals surface area (Å²) in [4.78, 5) is 0. The van der Waals surface area contributed by atoms with Crippen LogP contribution >= 0.6 is 7.82 Å². The topological polar surface area (TPSA) is 105 Å². The van der Waals surface area contributed by atoms with E-state index in [0.29, 0.717) is 86.6 Å². The molecule has 0 unspecified atom stereocenters. The summed E-state index contributed by atoms with van der Waals surface area (Å²) in [7, 11) is -4.73. The van der Waals surface area contributed by atoms with Crippen molar-refractivity contribution in [2.45, 2.75) is 197 Å². The van der Waals surface area contributed by atoms with Gasteiger partial charge in [-0.3, -0.25) is 0 Å². The Bertz CT molecular complexity index is 1750. The number of phenols is 3. The molecule has 0 aliphatic heterocycles. The molecule has 3 aromatic carbocycles. The van der Waals surface area contributed by atoms with Crippen molar-refractivity contribution in [3.05, 3.63) is 68.3 Å². The largest absolute Gasteiger partial charge is 0.647 e. The van der Waals surface area contributed by atoms with Gasteiger partial charge < -0.3 is 28.9 Å². The van der Waals surface area contributed by atoms with Crippen LogP contribution in [0.5, 0.6) is 34.5 Å². The van der Waals surface area contributed by atoms with Gasteiger partial charge in [0.1, 0.15) is 34.5 Å². The maximum atomic E-state index is 16.1. The quantitative estimate of drug-likeness (QED) is 0.185. The molecular formula is C48H75O7P. The summed E-state index contributed by atoms with van der Waals surface area (Å²) >= 11 is 0. The highest BCUT2D eigenvalue weighted by molar-refractivity contribution is 7.49. The monoisotopic (exact) mass is 795 g/mol. The van der Waals surface area contributed by atoms with Crippen LogP contribution in [0.4, 0.5) is 0 Å². The normalized spacial score (nSPS) is 13.6. The zero-order valence-electron chi connectivity index (χ0n) is 38.8. The lowest BCUT2D eigenvalue weighted by atomic mass is 9.76. The molecule has 0 aliphatic rings. The first-order chi connectivity index (χ1) is 25.0. The molecule has 7 nitrogen and oxygen atoms in total. The first-order valence-electron chi connectivity index (χ1n) is 20.4. The number of hydrogen-bond donors (Lipinski definition) is 3. The molecule has 0 saturated carbocycles. The standard InChI is InChI=1S/C48H75O7P/c1-22-28-34(25-31(43(4,5)6)40(49)37(28)46(13,14)15)53-56(52,54-35-26-32(44(7,8)9)41(50)38(29(35)23-2)47(16,17)18)55-36-27-33(45(10,11)12)42(51)39(30(36)24-3)48(19,20)21/h25-27,49-51H,22-24H2,1-21H3. The zero-order chi connectivity index (χ0) is 43.5. The summed E-state index contributed by atoms with van der Waals surface area (Å²) in [6, 6.07) is 5.33. The minimum absolute atomic E-state index is 0.193. The highest BCUT2D eigenvalue weighted by Gasteiger charge is 2.42. The van der Waals surface area contributed by atoms with Crippen molar-refractivity contribution in [1.29, 1.82) is 0 Å². The van der Waals surface area contributed by atoms with E-state index in [1.807, 2.05) is 145 Å². The van der Waals surface area contributed by atoms with Gasteiger partial charge in [0, 0.05) is 50.1 Å². The Hall–Kier alpha value is -3.31. The molecule has 0 radical (unpaired) electrons. The molecule has 0 atom stereocenters. The molecule has 0 heterocycles. The predicted octanol–water partition coefficient (Wildman–Crippen LogP) is 13.9. The van der Waals surface area contributed by atoms with Gasteiger partial charge in [0.15, 0.2) is 0 Å². The van der Waals surface area contributed by atoms with Gasteiger partial charge in [-0.15, -0.1) is 0 Å². The summed E-state index contributed by atoms with van der Waals surface area (Å²) in [6.07, 6.45) is 1.43. The zero-order valence-corrected chi connectivity index (χ0v) is 39.7.